The molecule has 2 aromatic rings. The van der Waals surface area contributed by atoms with Gasteiger partial charge in [0.05, 0.1) is 12.1 Å². The number of nitrogens with zero attached hydrogens (tertiary/aromatic N) is 2. The Hall–Kier alpha value is -1.59. The zero-order valence-electron chi connectivity index (χ0n) is 13.6. The first-order valence-corrected chi connectivity index (χ1v) is 8.04. The van der Waals surface area contributed by atoms with Crippen molar-refractivity contribution in [2.75, 3.05) is 13.2 Å². The second kappa shape index (κ2) is 6.26. The largest absolute Gasteiger partial charge is 0.458 e. The van der Waals surface area contributed by atoms with Crippen molar-refractivity contribution in [1.82, 2.24) is 15.1 Å². The molecule has 0 saturated carbocycles. The summed E-state index contributed by atoms with van der Waals surface area (Å²) in [4.78, 5) is 2.49. The van der Waals surface area contributed by atoms with Crippen LogP contribution in [0.2, 0.25) is 0 Å². The van der Waals surface area contributed by atoms with Crippen LogP contribution in [0.25, 0.3) is 11.5 Å². The predicted molar refractivity (Wildman–Crippen MR) is 85.4 cm³/mol. The molecule has 1 fully saturated rings. The molecule has 120 valence electrons. The van der Waals surface area contributed by atoms with Crippen LogP contribution in [0, 0.1) is 0 Å². The van der Waals surface area contributed by atoms with Gasteiger partial charge in [0.25, 0.3) is 0 Å². The minimum Gasteiger partial charge on any atom is -0.458 e. The highest BCUT2D eigenvalue weighted by molar-refractivity contribution is 5.51. The number of aromatic nitrogens is 2. The molecule has 22 heavy (non-hydrogen) atoms. The number of hydrogen-bond donors (Lipinski definition) is 1. The van der Waals surface area contributed by atoms with Gasteiger partial charge >= 0.3 is 0 Å². The lowest BCUT2D eigenvalue weighted by Crippen LogP contribution is -2.45. The van der Waals surface area contributed by atoms with Crippen molar-refractivity contribution in [3.8, 4) is 11.5 Å². The summed E-state index contributed by atoms with van der Waals surface area (Å²) in [7, 11) is 0. The predicted octanol–water partition coefficient (Wildman–Crippen LogP) is 3.45. The van der Waals surface area contributed by atoms with Gasteiger partial charge in [-0.05, 0) is 51.4 Å². The van der Waals surface area contributed by atoms with E-state index in [2.05, 4.69) is 41.9 Å². The molecule has 1 N–H and O–H groups in total. The Morgan fingerprint density at radius 1 is 1.36 bits per heavy atom. The molecule has 0 aromatic carbocycles. The summed E-state index contributed by atoms with van der Waals surface area (Å²) in [6, 6.07) is 6.53. The second-order valence-corrected chi connectivity index (χ2v) is 6.55. The van der Waals surface area contributed by atoms with Crippen molar-refractivity contribution in [3.05, 3.63) is 30.2 Å². The third kappa shape index (κ3) is 3.42. The maximum absolute atomic E-state index is 5.96. The molecule has 0 spiro atoms. The molecule has 1 aliphatic heterocycles. The Morgan fingerprint density at radius 2 is 2.23 bits per heavy atom. The highest BCUT2D eigenvalue weighted by Crippen LogP contribution is 2.29. The minimum absolute atomic E-state index is 0.0272. The molecule has 1 atom stereocenters. The zero-order valence-corrected chi connectivity index (χ0v) is 13.6. The third-order valence-corrected chi connectivity index (χ3v) is 4.38. The van der Waals surface area contributed by atoms with Crippen LogP contribution in [0.3, 0.4) is 0 Å². The van der Waals surface area contributed by atoms with Crippen molar-refractivity contribution in [3.63, 3.8) is 0 Å². The zero-order chi connectivity index (χ0) is 15.6. The van der Waals surface area contributed by atoms with E-state index < -0.39 is 0 Å². The molecule has 3 heterocycles. The molecule has 3 rings (SSSR count). The molecule has 0 bridgehead atoms. The highest BCUT2D eigenvalue weighted by Gasteiger charge is 2.32. The summed E-state index contributed by atoms with van der Waals surface area (Å²) >= 11 is 0. The van der Waals surface area contributed by atoms with Crippen LogP contribution < -0.4 is 0 Å². The van der Waals surface area contributed by atoms with Crippen molar-refractivity contribution in [2.24, 2.45) is 0 Å². The SMILES string of the molecule is CCN(Cc1ccc(-c2ccn[nH]2)o1)C1CCOC(C)(C)C1. The van der Waals surface area contributed by atoms with Gasteiger partial charge in [0.2, 0.25) is 0 Å². The fourth-order valence-corrected chi connectivity index (χ4v) is 3.21. The Labute approximate surface area is 131 Å². The average molecular weight is 303 g/mol. The van der Waals surface area contributed by atoms with Crippen molar-refractivity contribution < 1.29 is 9.15 Å². The first-order valence-electron chi connectivity index (χ1n) is 8.04. The van der Waals surface area contributed by atoms with Gasteiger partial charge in [-0.1, -0.05) is 6.92 Å². The Bertz CT molecular complexity index is 589. The molecule has 0 amide bonds. The number of furan rings is 1. The third-order valence-electron chi connectivity index (χ3n) is 4.38. The summed E-state index contributed by atoms with van der Waals surface area (Å²) in [5.74, 6) is 1.84. The summed E-state index contributed by atoms with van der Waals surface area (Å²) in [5.41, 5.74) is 0.891. The summed E-state index contributed by atoms with van der Waals surface area (Å²) in [6.07, 6.45) is 3.89. The van der Waals surface area contributed by atoms with Gasteiger partial charge < -0.3 is 9.15 Å². The first kappa shape index (κ1) is 15.3. The van der Waals surface area contributed by atoms with E-state index in [1.807, 2.05) is 12.1 Å². The summed E-state index contributed by atoms with van der Waals surface area (Å²) in [6.45, 7) is 9.26. The number of ether oxygens (including phenoxy) is 1. The van der Waals surface area contributed by atoms with E-state index in [1.165, 1.54) is 0 Å². The van der Waals surface area contributed by atoms with Gasteiger partial charge in [0, 0.05) is 18.8 Å². The topological polar surface area (TPSA) is 54.3 Å². The lowest BCUT2D eigenvalue weighted by molar-refractivity contribution is -0.0844. The standard InChI is InChI=1S/C17H25N3O2/c1-4-20(13-8-10-21-17(2,3)11-13)12-14-5-6-16(22-14)15-7-9-18-19-15/h5-7,9,13H,4,8,10-12H2,1-3H3,(H,18,19). The van der Waals surface area contributed by atoms with Crippen molar-refractivity contribution in [2.45, 2.75) is 51.8 Å². The number of hydrogen-bond acceptors (Lipinski definition) is 4. The smallest absolute Gasteiger partial charge is 0.152 e. The van der Waals surface area contributed by atoms with Crippen LogP contribution in [0.5, 0.6) is 0 Å². The highest BCUT2D eigenvalue weighted by atomic mass is 16.5. The van der Waals surface area contributed by atoms with Crippen LogP contribution in [0.15, 0.2) is 28.8 Å². The molecule has 1 unspecified atom stereocenters. The molecular formula is C17H25N3O2. The van der Waals surface area contributed by atoms with Gasteiger partial charge in [-0.2, -0.15) is 5.10 Å². The maximum atomic E-state index is 5.96. The molecule has 0 radical (unpaired) electrons. The van der Waals surface area contributed by atoms with E-state index in [9.17, 15) is 0 Å². The fraction of sp³-hybridized carbons (Fsp3) is 0.588. The van der Waals surface area contributed by atoms with Crippen LogP contribution in [0.4, 0.5) is 0 Å². The lowest BCUT2D eigenvalue weighted by Gasteiger charge is -2.40. The molecule has 2 aromatic heterocycles. The van der Waals surface area contributed by atoms with Gasteiger partial charge in [0.15, 0.2) is 5.76 Å². The summed E-state index contributed by atoms with van der Waals surface area (Å²) < 4.78 is 11.8. The quantitative estimate of drug-likeness (QED) is 0.919. The second-order valence-electron chi connectivity index (χ2n) is 6.55. The number of H-pyrrole nitrogens is 1. The fourth-order valence-electron chi connectivity index (χ4n) is 3.21. The van der Waals surface area contributed by atoms with Crippen molar-refractivity contribution >= 4 is 0 Å². The van der Waals surface area contributed by atoms with E-state index in [-0.39, 0.29) is 5.60 Å². The molecular weight excluding hydrogens is 278 g/mol. The first-order chi connectivity index (χ1) is 10.6. The number of aromatic amines is 1. The summed E-state index contributed by atoms with van der Waals surface area (Å²) in [5, 5.41) is 6.90. The van der Waals surface area contributed by atoms with E-state index in [4.69, 9.17) is 9.15 Å². The Morgan fingerprint density at radius 3 is 2.91 bits per heavy atom. The van der Waals surface area contributed by atoms with Crippen LogP contribution >= 0.6 is 0 Å². The minimum atomic E-state index is -0.0272. The molecule has 1 aliphatic rings. The van der Waals surface area contributed by atoms with Crippen molar-refractivity contribution in [1.29, 1.82) is 0 Å². The Balaban J connectivity index is 1.68. The van der Waals surface area contributed by atoms with Gasteiger partial charge in [-0.3, -0.25) is 10.00 Å². The normalized spacial score (nSPS) is 21.4. The lowest BCUT2D eigenvalue weighted by atomic mass is 9.92. The van der Waals surface area contributed by atoms with Crippen LogP contribution in [-0.2, 0) is 11.3 Å². The maximum Gasteiger partial charge on any atom is 0.152 e. The van der Waals surface area contributed by atoms with E-state index in [0.29, 0.717) is 6.04 Å². The van der Waals surface area contributed by atoms with Gasteiger partial charge in [-0.15, -0.1) is 0 Å². The molecule has 1 saturated heterocycles. The van der Waals surface area contributed by atoms with E-state index >= 15 is 0 Å². The van der Waals surface area contributed by atoms with E-state index in [1.54, 1.807) is 6.20 Å². The monoisotopic (exact) mass is 303 g/mol. The number of nitrogens with one attached hydrogen (secondary N) is 1. The van der Waals surface area contributed by atoms with Crippen LogP contribution in [-0.4, -0.2) is 39.9 Å². The van der Waals surface area contributed by atoms with Gasteiger partial charge in [0.1, 0.15) is 11.5 Å². The van der Waals surface area contributed by atoms with E-state index in [0.717, 1.165) is 49.8 Å². The molecule has 5 nitrogen and oxygen atoms in total. The average Bonchev–Trinajstić information content (AvgIpc) is 3.14. The molecule has 0 aliphatic carbocycles. The Kier molecular flexibility index (Phi) is 4.36. The molecule has 5 heteroatoms. The number of rotatable bonds is 5. The van der Waals surface area contributed by atoms with Crippen LogP contribution in [0.1, 0.15) is 39.4 Å². The van der Waals surface area contributed by atoms with Gasteiger partial charge in [-0.25, -0.2) is 0 Å².